The van der Waals surface area contributed by atoms with Crippen molar-refractivity contribution in [1.29, 1.82) is 0 Å². The number of phenols is 1. The predicted octanol–water partition coefficient (Wildman–Crippen LogP) is 3.75. The number of hydrogen-bond acceptors (Lipinski definition) is 3. The molecule has 126 valence electrons. The van der Waals surface area contributed by atoms with Gasteiger partial charge in [0, 0.05) is 24.1 Å². The van der Waals surface area contributed by atoms with E-state index in [1.807, 2.05) is 6.07 Å². The molecule has 2 aliphatic heterocycles. The third kappa shape index (κ3) is 2.48. The van der Waals surface area contributed by atoms with Crippen LogP contribution in [0.2, 0.25) is 0 Å². The van der Waals surface area contributed by atoms with Crippen molar-refractivity contribution in [2.24, 2.45) is 0 Å². The van der Waals surface area contributed by atoms with Crippen LogP contribution >= 0.6 is 0 Å². The minimum absolute atomic E-state index is 0.0668. The van der Waals surface area contributed by atoms with Gasteiger partial charge in [-0.3, -0.25) is 4.90 Å². The Hall–Kier alpha value is -2.00. The maximum absolute atomic E-state index is 10.2. The number of para-hydroxylation sites is 1. The van der Waals surface area contributed by atoms with Crippen molar-refractivity contribution in [3.8, 4) is 11.5 Å². The summed E-state index contributed by atoms with van der Waals surface area (Å²) in [6, 6.07) is 16.5. The van der Waals surface area contributed by atoms with Gasteiger partial charge in [-0.25, -0.2) is 0 Å². The van der Waals surface area contributed by atoms with Gasteiger partial charge in [0.1, 0.15) is 6.10 Å². The van der Waals surface area contributed by atoms with Gasteiger partial charge in [-0.05, 0) is 37.4 Å². The zero-order valence-corrected chi connectivity index (χ0v) is 14.2. The Bertz CT molecular complexity index is 715. The highest BCUT2D eigenvalue weighted by Gasteiger charge is 2.51. The van der Waals surface area contributed by atoms with Crippen molar-refractivity contribution in [3.63, 3.8) is 0 Å². The van der Waals surface area contributed by atoms with Crippen molar-refractivity contribution in [2.75, 3.05) is 19.6 Å². The number of phenolic OH excluding ortho intramolecular Hbond substituents is 1. The lowest BCUT2D eigenvalue weighted by molar-refractivity contribution is 0.0401. The Balaban J connectivity index is 1.49. The highest BCUT2D eigenvalue weighted by molar-refractivity contribution is 5.53. The third-order valence-electron chi connectivity index (χ3n) is 5.90. The second-order valence-corrected chi connectivity index (χ2v) is 7.06. The lowest BCUT2D eigenvalue weighted by Crippen LogP contribution is -2.53. The molecule has 0 radical (unpaired) electrons. The average Bonchev–Trinajstić information content (AvgIpc) is 2.96. The summed E-state index contributed by atoms with van der Waals surface area (Å²) >= 11 is 0. The zero-order valence-electron chi connectivity index (χ0n) is 14.2. The molecule has 0 bridgehead atoms. The summed E-state index contributed by atoms with van der Waals surface area (Å²) in [7, 11) is 0. The van der Waals surface area contributed by atoms with Crippen LogP contribution in [0.15, 0.2) is 48.5 Å². The van der Waals surface area contributed by atoms with Crippen LogP contribution in [0.25, 0.3) is 0 Å². The molecule has 0 aliphatic carbocycles. The number of fused-ring (bicyclic) bond motifs is 3. The molecular weight excluding hydrogens is 298 g/mol. The SMILES string of the molecule is CC[C@@]12CCN(CCc3ccccc3)C[C@@H]1Oc1c(O)cccc12. The van der Waals surface area contributed by atoms with E-state index >= 15 is 0 Å². The van der Waals surface area contributed by atoms with Crippen LogP contribution < -0.4 is 4.74 Å². The van der Waals surface area contributed by atoms with Crippen molar-refractivity contribution in [2.45, 2.75) is 37.7 Å². The maximum Gasteiger partial charge on any atom is 0.165 e. The minimum atomic E-state index is 0.0668. The largest absolute Gasteiger partial charge is 0.504 e. The summed E-state index contributed by atoms with van der Waals surface area (Å²) < 4.78 is 6.23. The van der Waals surface area contributed by atoms with Gasteiger partial charge in [-0.15, -0.1) is 0 Å². The van der Waals surface area contributed by atoms with Crippen molar-refractivity contribution < 1.29 is 9.84 Å². The Morgan fingerprint density at radius 3 is 2.79 bits per heavy atom. The number of piperidine rings is 1. The molecule has 2 aromatic rings. The van der Waals surface area contributed by atoms with Gasteiger partial charge >= 0.3 is 0 Å². The van der Waals surface area contributed by atoms with E-state index in [4.69, 9.17) is 4.74 Å². The number of ether oxygens (including phenoxy) is 1. The maximum atomic E-state index is 10.2. The predicted molar refractivity (Wildman–Crippen MR) is 95.7 cm³/mol. The van der Waals surface area contributed by atoms with Crippen LogP contribution in [0.3, 0.4) is 0 Å². The fourth-order valence-electron chi connectivity index (χ4n) is 4.39. The second kappa shape index (κ2) is 6.14. The van der Waals surface area contributed by atoms with Gasteiger partial charge in [0.15, 0.2) is 11.5 Å². The van der Waals surface area contributed by atoms with E-state index in [2.05, 4.69) is 48.2 Å². The van der Waals surface area contributed by atoms with Crippen LogP contribution in [0, 0.1) is 0 Å². The molecule has 0 unspecified atom stereocenters. The van der Waals surface area contributed by atoms with E-state index in [1.165, 1.54) is 11.1 Å². The van der Waals surface area contributed by atoms with E-state index in [0.717, 1.165) is 38.9 Å². The summed E-state index contributed by atoms with van der Waals surface area (Å²) in [4.78, 5) is 2.51. The molecule has 24 heavy (non-hydrogen) atoms. The van der Waals surface area contributed by atoms with Gasteiger partial charge in [0.25, 0.3) is 0 Å². The number of hydrogen-bond donors (Lipinski definition) is 1. The quantitative estimate of drug-likeness (QED) is 0.930. The van der Waals surface area contributed by atoms with E-state index in [0.29, 0.717) is 5.75 Å². The standard InChI is InChI=1S/C21H25NO2/c1-2-21-12-14-22(13-11-16-7-4-3-5-8-16)15-19(21)24-20-17(21)9-6-10-18(20)23/h3-10,19,23H,2,11-15H2,1H3/t19-,21-/m0/s1. The number of rotatable bonds is 4. The third-order valence-corrected chi connectivity index (χ3v) is 5.90. The number of benzene rings is 2. The first-order valence-corrected chi connectivity index (χ1v) is 8.98. The monoisotopic (exact) mass is 323 g/mol. The molecule has 1 N–H and O–H groups in total. The molecule has 2 atom stereocenters. The van der Waals surface area contributed by atoms with E-state index < -0.39 is 0 Å². The summed E-state index contributed by atoms with van der Waals surface area (Å²) in [6.45, 7) is 5.34. The molecule has 2 aliphatic rings. The van der Waals surface area contributed by atoms with Gasteiger partial charge in [-0.2, -0.15) is 0 Å². The molecule has 4 rings (SSSR count). The molecule has 3 nitrogen and oxygen atoms in total. The van der Waals surface area contributed by atoms with Crippen molar-refractivity contribution in [3.05, 3.63) is 59.7 Å². The summed E-state index contributed by atoms with van der Waals surface area (Å²) in [5, 5.41) is 10.2. The molecule has 2 heterocycles. The molecule has 1 fully saturated rings. The van der Waals surface area contributed by atoms with E-state index in [9.17, 15) is 5.11 Å². The first kappa shape index (κ1) is 15.5. The first-order valence-electron chi connectivity index (χ1n) is 8.98. The Labute approximate surface area is 143 Å². The van der Waals surface area contributed by atoms with Gasteiger partial charge in [0.05, 0.1) is 0 Å². The number of nitrogens with zero attached hydrogens (tertiary/aromatic N) is 1. The molecule has 2 aromatic carbocycles. The molecule has 0 amide bonds. The number of aromatic hydroxyl groups is 1. The number of likely N-dealkylation sites (tertiary alicyclic amines) is 1. The van der Waals surface area contributed by atoms with Gasteiger partial charge in [-0.1, -0.05) is 49.4 Å². The Morgan fingerprint density at radius 2 is 2.00 bits per heavy atom. The van der Waals surface area contributed by atoms with Gasteiger partial charge in [0.2, 0.25) is 0 Å². The first-order chi connectivity index (χ1) is 11.7. The highest BCUT2D eigenvalue weighted by atomic mass is 16.5. The van der Waals surface area contributed by atoms with E-state index in [1.54, 1.807) is 6.07 Å². The van der Waals surface area contributed by atoms with Crippen LogP contribution in [-0.2, 0) is 11.8 Å². The smallest absolute Gasteiger partial charge is 0.165 e. The van der Waals surface area contributed by atoms with Crippen molar-refractivity contribution in [1.82, 2.24) is 4.90 Å². The highest BCUT2D eigenvalue weighted by Crippen LogP contribution is 2.52. The molecule has 0 saturated carbocycles. The fourth-order valence-corrected chi connectivity index (χ4v) is 4.39. The fraction of sp³-hybridized carbons (Fsp3) is 0.429. The van der Waals surface area contributed by atoms with Crippen LogP contribution in [0.5, 0.6) is 11.5 Å². The lowest BCUT2D eigenvalue weighted by atomic mass is 9.70. The normalized spacial score (nSPS) is 25.8. The molecule has 3 heteroatoms. The lowest BCUT2D eigenvalue weighted by Gasteiger charge is -2.42. The molecule has 0 aromatic heterocycles. The topological polar surface area (TPSA) is 32.7 Å². The molecular formula is C21H25NO2. The van der Waals surface area contributed by atoms with Gasteiger partial charge < -0.3 is 9.84 Å². The Morgan fingerprint density at radius 1 is 1.17 bits per heavy atom. The van der Waals surface area contributed by atoms with Crippen LogP contribution in [0.1, 0.15) is 30.9 Å². The average molecular weight is 323 g/mol. The molecule has 1 saturated heterocycles. The Kier molecular flexibility index (Phi) is 3.97. The summed E-state index contributed by atoms with van der Waals surface area (Å²) in [5.41, 5.74) is 2.66. The second-order valence-electron chi connectivity index (χ2n) is 7.06. The van der Waals surface area contributed by atoms with Crippen LogP contribution in [-0.4, -0.2) is 35.7 Å². The summed E-state index contributed by atoms with van der Waals surface area (Å²) in [6.07, 6.45) is 3.38. The van der Waals surface area contributed by atoms with Crippen LogP contribution in [0.4, 0.5) is 0 Å². The van der Waals surface area contributed by atoms with E-state index in [-0.39, 0.29) is 17.3 Å². The summed E-state index contributed by atoms with van der Waals surface area (Å²) in [5.74, 6) is 1.000. The van der Waals surface area contributed by atoms with Crippen molar-refractivity contribution >= 4 is 0 Å². The molecule has 0 spiro atoms. The minimum Gasteiger partial charge on any atom is -0.504 e. The zero-order chi connectivity index (χ0) is 16.6.